The van der Waals surface area contributed by atoms with E-state index < -0.39 is 4.92 Å². The molecule has 0 saturated carbocycles. The van der Waals surface area contributed by atoms with Crippen molar-refractivity contribution in [1.29, 1.82) is 0 Å². The number of aromatic nitrogens is 1. The molecule has 0 unspecified atom stereocenters. The minimum absolute atomic E-state index is 0.000900. The smallest absolute Gasteiger partial charge is 0.273 e. The average molecular weight is 357 g/mol. The molecule has 8 nitrogen and oxygen atoms in total. The highest BCUT2D eigenvalue weighted by Gasteiger charge is 2.38. The first-order valence-corrected chi connectivity index (χ1v) is 8.23. The van der Waals surface area contributed by atoms with Crippen molar-refractivity contribution in [1.82, 2.24) is 9.88 Å². The van der Waals surface area contributed by atoms with E-state index in [1.807, 2.05) is 6.08 Å². The molecule has 0 spiro atoms. The number of oxazole rings is 1. The summed E-state index contributed by atoms with van der Waals surface area (Å²) in [6, 6.07) is 6.05. The summed E-state index contributed by atoms with van der Waals surface area (Å²) < 4.78 is 10.9. The van der Waals surface area contributed by atoms with Crippen molar-refractivity contribution in [2.24, 2.45) is 11.8 Å². The Hall–Kier alpha value is -3.16. The van der Waals surface area contributed by atoms with Gasteiger partial charge in [0.1, 0.15) is 12.0 Å². The molecule has 0 radical (unpaired) electrons. The van der Waals surface area contributed by atoms with Crippen molar-refractivity contribution in [3.05, 3.63) is 58.8 Å². The number of nitro benzene ring substituents is 1. The summed E-state index contributed by atoms with van der Waals surface area (Å²) >= 11 is 0. The quantitative estimate of drug-likeness (QED) is 0.558. The van der Waals surface area contributed by atoms with E-state index in [-0.39, 0.29) is 23.4 Å². The Labute approximate surface area is 150 Å². The first-order valence-electron chi connectivity index (χ1n) is 8.23. The third-order valence-corrected chi connectivity index (χ3v) is 4.37. The number of ether oxygens (including phenoxy) is 1. The molecule has 3 rings (SSSR count). The molecule has 136 valence electrons. The van der Waals surface area contributed by atoms with E-state index in [1.54, 1.807) is 36.4 Å². The summed E-state index contributed by atoms with van der Waals surface area (Å²) in [4.78, 5) is 28.4. The molecule has 0 aliphatic carbocycles. The average Bonchev–Trinajstić information content (AvgIpc) is 3.24. The number of amides is 1. The zero-order valence-electron chi connectivity index (χ0n) is 14.3. The van der Waals surface area contributed by atoms with Gasteiger partial charge in [0.15, 0.2) is 0 Å². The zero-order valence-corrected chi connectivity index (χ0v) is 14.3. The van der Waals surface area contributed by atoms with Crippen molar-refractivity contribution < 1.29 is 18.9 Å². The molecule has 1 saturated heterocycles. The van der Waals surface area contributed by atoms with E-state index in [0.717, 1.165) is 0 Å². The highest BCUT2D eigenvalue weighted by Crippen LogP contribution is 2.29. The van der Waals surface area contributed by atoms with E-state index in [2.05, 4.69) is 4.98 Å². The maximum absolute atomic E-state index is 12.4. The molecule has 1 fully saturated rings. The zero-order chi connectivity index (χ0) is 18.5. The van der Waals surface area contributed by atoms with Crippen molar-refractivity contribution >= 4 is 17.7 Å². The minimum Gasteiger partial charge on any atom is -0.493 e. The van der Waals surface area contributed by atoms with E-state index in [9.17, 15) is 14.9 Å². The molecule has 2 heterocycles. The topological polar surface area (TPSA) is 98.7 Å². The molecule has 0 bridgehead atoms. The van der Waals surface area contributed by atoms with Crippen LogP contribution in [-0.4, -0.2) is 40.9 Å². The lowest BCUT2D eigenvalue weighted by Gasteiger charge is -2.16. The number of carbonyl (C=O) groups is 1. The van der Waals surface area contributed by atoms with E-state index in [4.69, 9.17) is 9.15 Å². The molecule has 1 aliphatic rings. The minimum atomic E-state index is -0.462. The van der Waals surface area contributed by atoms with Crippen LogP contribution < -0.4 is 4.74 Å². The van der Waals surface area contributed by atoms with Gasteiger partial charge >= 0.3 is 0 Å². The van der Waals surface area contributed by atoms with Gasteiger partial charge < -0.3 is 14.1 Å². The number of hydrogen-bond donors (Lipinski definition) is 0. The summed E-state index contributed by atoms with van der Waals surface area (Å²) in [5.41, 5.74) is -0.0208. The lowest BCUT2D eigenvalue weighted by Crippen LogP contribution is -2.22. The Morgan fingerprint density at radius 3 is 3.08 bits per heavy atom. The highest BCUT2D eigenvalue weighted by molar-refractivity contribution is 5.81. The van der Waals surface area contributed by atoms with Gasteiger partial charge in [-0.25, -0.2) is 4.98 Å². The highest BCUT2D eigenvalue weighted by atomic mass is 16.6. The van der Waals surface area contributed by atoms with E-state index in [0.29, 0.717) is 31.2 Å². The van der Waals surface area contributed by atoms with Gasteiger partial charge in [-0.3, -0.25) is 14.9 Å². The standard InChI is InChI=1S/C18H19N3O5/c1-20-11-13(12-26-15-5-2-4-14(10-15)21(23)24)16(18(20)22)6-3-7-17-19-8-9-25-17/h2-5,7-10,13,16H,6,11-12H2,1H3/b7-3-/t13-,16-/m1/s1. The second-order valence-electron chi connectivity index (χ2n) is 6.16. The number of non-ortho nitro benzene ring substituents is 1. The first kappa shape index (κ1) is 17.7. The monoisotopic (exact) mass is 357 g/mol. The Kier molecular flexibility index (Phi) is 5.31. The molecule has 1 aromatic heterocycles. The number of carbonyl (C=O) groups excluding carboxylic acids is 1. The molecular weight excluding hydrogens is 338 g/mol. The predicted molar refractivity (Wildman–Crippen MR) is 93.4 cm³/mol. The van der Waals surface area contributed by atoms with Crippen LogP contribution in [0, 0.1) is 22.0 Å². The summed E-state index contributed by atoms with van der Waals surface area (Å²) in [7, 11) is 1.76. The van der Waals surface area contributed by atoms with Gasteiger partial charge in [0.05, 0.1) is 23.8 Å². The third-order valence-electron chi connectivity index (χ3n) is 4.37. The molecule has 1 aromatic carbocycles. The molecule has 8 heteroatoms. The Bertz CT molecular complexity index is 803. The summed E-state index contributed by atoms with van der Waals surface area (Å²) in [6.07, 6.45) is 7.21. The Morgan fingerprint density at radius 2 is 2.35 bits per heavy atom. The first-order chi connectivity index (χ1) is 12.5. The van der Waals surface area contributed by atoms with Gasteiger partial charge in [0.25, 0.3) is 5.69 Å². The molecule has 1 aliphatic heterocycles. The van der Waals surface area contributed by atoms with Crippen LogP contribution in [-0.2, 0) is 4.79 Å². The maximum Gasteiger partial charge on any atom is 0.273 e. The van der Waals surface area contributed by atoms with Gasteiger partial charge in [-0.05, 0) is 18.6 Å². The van der Waals surface area contributed by atoms with Crippen molar-refractivity contribution in [3.63, 3.8) is 0 Å². The van der Waals surface area contributed by atoms with Gasteiger partial charge in [-0.15, -0.1) is 0 Å². The van der Waals surface area contributed by atoms with Crippen molar-refractivity contribution in [3.8, 4) is 5.75 Å². The van der Waals surface area contributed by atoms with Crippen LogP contribution in [0.5, 0.6) is 5.75 Å². The van der Waals surface area contributed by atoms with Gasteiger partial charge in [-0.2, -0.15) is 0 Å². The van der Waals surface area contributed by atoms with E-state index in [1.165, 1.54) is 18.4 Å². The summed E-state index contributed by atoms with van der Waals surface area (Å²) in [6.45, 7) is 0.903. The number of benzene rings is 1. The number of rotatable bonds is 7. The van der Waals surface area contributed by atoms with Crippen LogP contribution >= 0.6 is 0 Å². The molecule has 0 N–H and O–H groups in total. The molecule has 1 amide bonds. The van der Waals surface area contributed by atoms with Crippen LogP contribution in [0.2, 0.25) is 0 Å². The predicted octanol–water partition coefficient (Wildman–Crippen LogP) is 2.77. The fourth-order valence-corrected chi connectivity index (χ4v) is 3.04. The molecule has 26 heavy (non-hydrogen) atoms. The third kappa shape index (κ3) is 4.08. The van der Waals surface area contributed by atoms with Crippen LogP contribution in [0.4, 0.5) is 5.69 Å². The Balaban J connectivity index is 1.62. The number of nitrogens with zero attached hydrogens (tertiary/aromatic N) is 3. The van der Waals surface area contributed by atoms with Crippen LogP contribution in [0.1, 0.15) is 12.3 Å². The summed E-state index contributed by atoms with van der Waals surface area (Å²) in [5, 5.41) is 10.8. The van der Waals surface area contributed by atoms with Gasteiger partial charge in [0.2, 0.25) is 11.8 Å². The Morgan fingerprint density at radius 1 is 1.50 bits per heavy atom. The molecular formula is C18H19N3O5. The van der Waals surface area contributed by atoms with Crippen molar-refractivity contribution in [2.75, 3.05) is 20.2 Å². The number of nitro groups is 1. The lowest BCUT2D eigenvalue weighted by atomic mass is 9.93. The van der Waals surface area contributed by atoms with Crippen LogP contribution in [0.25, 0.3) is 6.08 Å². The molecule has 2 atom stereocenters. The molecule has 2 aromatic rings. The van der Waals surface area contributed by atoms with Crippen molar-refractivity contribution in [2.45, 2.75) is 6.42 Å². The lowest BCUT2D eigenvalue weighted by molar-refractivity contribution is -0.384. The number of hydrogen-bond acceptors (Lipinski definition) is 6. The van der Waals surface area contributed by atoms with Crippen LogP contribution in [0.15, 0.2) is 47.2 Å². The fraction of sp³-hybridized carbons (Fsp3) is 0.333. The SMILES string of the molecule is CN1C[C@H](COc2cccc([N+](=O)[O-])c2)[C@@H](C/C=C\c2ncco2)C1=O. The normalized spacial score (nSPS) is 20.0. The second-order valence-corrected chi connectivity index (χ2v) is 6.16. The number of likely N-dealkylation sites (tertiary alicyclic amines) is 1. The number of allylic oxidation sites excluding steroid dienone is 1. The summed E-state index contributed by atoms with van der Waals surface area (Å²) in [5.74, 6) is 0.782. The van der Waals surface area contributed by atoms with Crippen LogP contribution in [0.3, 0.4) is 0 Å². The van der Waals surface area contributed by atoms with Gasteiger partial charge in [-0.1, -0.05) is 12.1 Å². The van der Waals surface area contributed by atoms with Gasteiger partial charge in [0, 0.05) is 31.5 Å². The second kappa shape index (κ2) is 7.81. The largest absolute Gasteiger partial charge is 0.493 e. The maximum atomic E-state index is 12.4. The van der Waals surface area contributed by atoms with E-state index >= 15 is 0 Å². The fourth-order valence-electron chi connectivity index (χ4n) is 3.04.